The Bertz CT molecular complexity index is 806. The zero-order valence-corrected chi connectivity index (χ0v) is 10.9. The van der Waals surface area contributed by atoms with Gasteiger partial charge in [-0.15, -0.1) is 5.10 Å². The molecular weight excluding hydrogens is 250 g/mol. The van der Waals surface area contributed by atoms with Crippen LogP contribution >= 0.6 is 0 Å². The maximum atomic E-state index is 12.7. The van der Waals surface area contributed by atoms with E-state index in [4.69, 9.17) is 0 Å². The second-order valence-corrected chi connectivity index (χ2v) is 5.10. The van der Waals surface area contributed by atoms with Crippen molar-refractivity contribution >= 4 is 16.8 Å². The van der Waals surface area contributed by atoms with Gasteiger partial charge in [0.25, 0.3) is 0 Å². The highest BCUT2D eigenvalue weighted by molar-refractivity contribution is 6.01. The van der Waals surface area contributed by atoms with Gasteiger partial charge in [0, 0.05) is 5.56 Å². The summed E-state index contributed by atoms with van der Waals surface area (Å²) >= 11 is 0. The second-order valence-electron chi connectivity index (χ2n) is 5.10. The maximum Gasteiger partial charge on any atom is 0.187 e. The van der Waals surface area contributed by atoms with E-state index in [0.29, 0.717) is 0 Å². The molecule has 4 rings (SSSR count). The van der Waals surface area contributed by atoms with Crippen LogP contribution in [-0.4, -0.2) is 20.8 Å². The van der Waals surface area contributed by atoms with E-state index in [2.05, 4.69) is 10.3 Å². The lowest BCUT2D eigenvalue weighted by Gasteiger charge is -2.23. The Morgan fingerprint density at radius 2 is 1.85 bits per heavy atom. The van der Waals surface area contributed by atoms with Crippen molar-refractivity contribution in [1.82, 2.24) is 15.0 Å². The fourth-order valence-electron chi connectivity index (χ4n) is 2.93. The minimum Gasteiger partial charge on any atom is -0.292 e. The molecule has 1 aliphatic carbocycles. The summed E-state index contributed by atoms with van der Waals surface area (Å²) in [7, 11) is 0. The number of nitrogens with zero attached hydrogens (tertiary/aromatic N) is 3. The molecule has 0 saturated heterocycles. The molecule has 0 radical (unpaired) electrons. The Labute approximate surface area is 116 Å². The third kappa shape index (κ3) is 1.58. The van der Waals surface area contributed by atoms with E-state index in [1.807, 2.05) is 48.5 Å². The number of rotatable bonds is 1. The molecule has 1 atom stereocenters. The van der Waals surface area contributed by atoms with Gasteiger partial charge in [0.2, 0.25) is 0 Å². The lowest BCUT2D eigenvalue weighted by molar-refractivity contribution is 0.0901. The Balaban J connectivity index is 1.83. The van der Waals surface area contributed by atoms with Gasteiger partial charge in [0.05, 0.1) is 5.52 Å². The molecule has 0 N–H and O–H groups in total. The van der Waals surface area contributed by atoms with Gasteiger partial charge in [0.15, 0.2) is 5.78 Å². The summed E-state index contributed by atoms with van der Waals surface area (Å²) in [5.74, 6) is 0.141. The highest BCUT2D eigenvalue weighted by Gasteiger charge is 2.30. The molecule has 0 amide bonds. The van der Waals surface area contributed by atoms with Crippen LogP contribution in [-0.2, 0) is 6.42 Å². The standard InChI is InChI=1S/C16H13N3O/c20-16-12-6-2-1-5-11(12)9-10-15(16)19-14-8-4-3-7-13(14)17-18-19/h1-8,15H,9-10H2. The van der Waals surface area contributed by atoms with Crippen LogP contribution in [0.15, 0.2) is 48.5 Å². The van der Waals surface area contributed by atoms with Crippen LogP contribution in [0.4, 0.5) is 0 Å². The van der Waals surface area contributed by atoms with Gasteiger partial charge in [-0.2, -0.15) is 0 Å². The molecule has 1 aliphatic rings. The first kappa shape index (κ1) is 11.3. The minimum atomic E-state index is -0.239. The largest absolute Gasteiger partial charge is 0.292 e. The normalized spacial score (nSPS) is 18.2. The molecular formula is C16H13N3O. The number of para-hydroxylation sites is 1. The molecule has 4 nitrogen and oxygen atoms in total. The highest BCUT2D eigenvalue weighted by Crippen LogP contribution is 2.30. The molecule has 98 valence electrons. The summed E-state index contributed by atoms with van der Waals surface area (Å²) in [6.45, 7) is 0. The highest BCUT2D eigenvalue weighted by atomic mass is 16.1. The summed E-state index contributed by atoms with van der Waals surface area (Å²) in [5, 5.41) is 8.33. The van der Waals surface area contributed by atoms with Crippen LogP contribution in [0.3, 0.4) is 0 Å². The first-order valence-corrected chi connectivity index (χ1v) is 6.76. The quantitative estimate of drug-likeness (QED) is 0.678. The summed E-state index contributed by atoms with van der Waals surface area (Å²) in [6.07, 6.45) is 1.68. The number of aromatic nitrogens is 3. The zero-order chi connectivity index (χ0) is 13.5. The van der Waals surface area contributed by atoms with E-state index in [1.165, 1.54) is 0 Å². The van der Waals surface area contributed by atoms with Gasteiger partial charge in [-0.05, 0) is 30.5 Å². The van der Waals surface area contributed by atoms with Gasteiger partial charge in [0.1, 0.15) is 11.6 Å². The van der Waals surface area contributed by atoms with Crippen molar-refractivity contribution in [2.45, 2.75) is 18.9 Å². The molecule has 1 unspecified atom stereocenters. The summed E-state index contributed by atoms with van der Waals surface area (Å²) in [4.78, 5) is 12.7. The maximum absolute atomic E-state index is 12.7. The second kappa shape index (κ2) is 4.27. The molecule has 0 fully saturated rings. The third-order valence-electron chi connectivity index (χ3n) is 3.95. The minimum absolute atomic E-state index is 0.141. The van der Waals surface area contributed by atoms with E-state index in [1.54, 1.807) is 4.68 Å². The third-order valence-corrected chi connectivity index (χ3v) is 3.95. The lowest BCUT2D eigenvalue weighted by Crippen LogP contribution is -2.26. The van der Waals surface area contributed by atoms with Crippen LogP contribution in [0.2, 0.25) is 0 Å². The fraction of sp³-hybridized carbons (Fsp3) is 0.188. The number of hydrogen-bond donors (Lipinski definition) is 0. The molecule has 0 spiro atoms. The molecule has 20 heavy (non-hydrogen) atoms. The molecule has 3 aromatic rings. The summed E-state index contributed by atoms with van der Waals surface area (Å²) in [6, 6.07) is 15.4. The topological polar surface area (TPSA) is 47.8 Å². The number of hydrogen-bond acceptors (Lipinski definition) is 3. The molecule has 0 aliphatic heterocycles. The van der Waals surface area contributed by atoms with Gasteiger partial charge in [-0.1, -0.05) is 41.6 Å². The van der Waals surface area contributed by atoms with Gasteiger partial charge >= 0.3 is 0 Å². The van der Waals surface area contributed by atoms with Gasteiger partial charge < -0.3 is 0 Å². The van der Waals surface area contributed by atoms with Gasteiger partial charge in [-0.3, -0.25) is 4.79 Å². The van der Waals surface area contributed by atoms with Crippen molar-refractivity contribution in [1.29, 1.82) is 0 Å². The van der Waals surface area contributed by atoms with Crippen molar-refractivity contribution in [3.63, 3.8) is 0 Å². The smallest absolute Gasteiger partial charge is 0.187 e. The molecule has 0 bridgehead atoms. The molecule has 0 saturated carbocycles. The summed E-state index contributed by atoms with van der Waals surface area (Å²) < 4.78 is 1.77. The predicted molar refractivity (Wildman–Crippen MR) is 75.7 cm³/mol. The van der Waals surface area contributed by atoms with E-state index in [9.17, 15) is 4.79 Å². The number of ketones is 1. The van der Waals surface area contributed by atoms with E-state index in [-0.39, 0.29) is 11.8 Å². The van der Waals surface area contributed by atoms with E-state index >= 15 is 0 Å². The predicted octanol–water partition coefficient (Wildman–Crippen LogP) is 2.80. The molecule has 2 aromatic carbocycles. The molecule has 4 heteroatoms. The Kier molecular flexibility index (Phi) is 2.42. The number of aryl methyl sites for hydroxylation is 1. The number of Topliss-reactive ketones (excluding diaryl/α,β-unsaturated/α-hetero) is 1. The number of carbonyl (C=O) groups excluding carboxylic acids is 1. The van der Waals surface area contributed by atoms with E-state index in [0.717, 1.165) is 35.0 Å². The van der Waals surface area contributed by atoms with Crippen LogP contribution < -0.4 is 0 Å². The first-order valence-electron chi connectivity index (χ1n) is 6.76. The number of fused-ring (bicyclic) bond motifs is 2. The van der Waals surface area contributed by atoms with Gasteiger partial charge in [-0.25, -0.2) is 4.68 Å². The van der Waals surface area contributed by atoms with Crippen LogP contribution in [0.5, 0.6) is 0 Å². The lowest BCUT2D eigenvalue weighted by atomic mass is 9.87. The fourth-order valence-corrected chi connectivity index (χ4v) is 2.93. The van der Waals surface area contributed by atoms with Crippen LogP contribution in [0.1, 0.15) is 28.4 Å². The van der Waals surface area contributed by atoms with Crippen LogP contribution in [0, 0.1) is 0 Å². The monoisotopic (exact) mass is 263 g/mol. The number of carbonyl (C=O) groups is 1. The van der Waals surface area contributed by atoms with Crippen LogP contribution in [0.25, 0.3) is 11.0 Å². The first-order chi connectivity index (χ1) is 9.84. The Morgan fingerprint density at radius 3 is 2.80 bits per heavy atom. The average Bonchev–Trinajstić information content (AvgIpc) is 2.92. The van der Waals surface area contributed by atoms with Crippen molar-refractivity contribution in [3.8, 4) is 0 Å². The number of benzene rings is 2. The van der Waals surface area contributed by atoms with E-state index < -0.39 is 0 Å². The Hall–Kier alpha value is -2.49. The SMILES string of the molecule is O=C1c2ccccc2CCC1n1nnc2ccccc21. The zero-order valence-electron chi connectivity index (χ0n) is 10.9. The van der Waals surface area contributed by atoms with Crippen molar-refractivity contribution in [2.24, 2.45) is 0 Å². The Morgan fingerprint density at radius 1 is 1.05 bits per heavy atom. The summed E-state index contributed by atoms with van der Waals surface area (Å²) in [5.41, 5.74) is 3.71. The van der Waals surface area contributed by atoms with Crippen molar-refractivity contribution < 1.29 is 4.79 Å². The average molecular weight is 263 g/mol. The van der Waals surface area contributed by atoms with Crippen molar-refractivity contribution in [3.05, 3.63) is 59.7 Å². The van der Waals surface area contributed by atoms with Crippen molar-refractivity contribution in [2.75, 3.05) is 0 Å². The molecule has 1 heterocycles. The molecule has 1 aromatic heterocycles.